The first kappa shape index (κ1) is 50.5. The summed E-state index contributed by atoms with van der Waals surface area (Å²) in [5.41, 5.74) is 0.672. The van der Waals surface area contributed by atoms with Gasteiger partial charge in [0.1, 0.15) is 11.6 Å². The molecule has 0 aliphatic heterocycles. The monoisotopic (exact) mass is 670 g/mol. The van der Waals surface area contributed by atoms with Gasteiger partial charge in [0.15, 0.2) is 0 Å². The summed E-state index contributed by atoms with van der Waals surface area (Å²) < 4.78 is 0. The molecule has 7 nitrogen and oxygen atoms in total. The molecule has 0 aliphatic carbocycles. The lowest BCUT2D eigenvalue weighted by molar-refractivity contribution is -0.122. The van der Waals surface area contributed by atoms with Crippen LogP contribution < -0.4 is 16.0 Å². The van der Waals surface area contributed by atoms with E-state index in [0.717, 1.165) is 70.0 Å². The van der Waals surface area contributed by atoms with E-state index in [1.807, 2.05) is 38.0 Å². The summed E-state index contributed by atoms with van der Waals surface area (Å²) in [6, 6.07) is 0.185. The Balaban J connectivity index is -0.000000618. The van der Waals surface area contributed by atoms with Crippen molar-refractivity contribution < 1.29 is 9.59 Å². The van der Waals surface area contributed by atoms with Crippen LogP contribution >= 0.6 is 0 Å². The molecule has 3 unspecified atom stereocenters. The van der Waals surface area contributed by atoms with E-state index in [0.29, 0.717) is 0 Å². The third-order valence-corrected chi connectivity index (χ3v) is 8.43. The maximum atomic E-state index is 11.4. The Kier molecular flexibility index (Phi) is 29.0. The van der Waals surface area contributed by atoms with Crippen LogP contribution in [0.2, 0.25) is 0 Å². The lowest BCUT2D eigenvalue weighted by Crippen LogP contribution is -2.37. The van der Waals surface area contributed by atoms with E-state index in [1.54, 1.807) is 13.8 Å². The zero-order valence-corrected chi connectivity index (χ0v) is 35.2. The first-order chi connectivity index (χ1) is 21.3. The normalized spacial score (nSPS) is 14.3. The van der Waals surface area contributed by atoms with Gasteiger partial charge in [0.25, 0.3) is 0 Å². The Labute approximate surface area is 295 Å². The second kappa shape index (κ2) is 26.9. The molecule has 0 heterocycles. The van der Waals surface area contributed by atoms with Gasteiger partial charge in [-0.05, 0) is 168 Å². The summed E-state index contributed by atoms with van der Waals surface area (Å²) in [5, 5.41) is 10.5. The summed E-state index contributed by atoms with van der Waals surface area (Å²) in [6.45, 7) is 33.3. The van der Waals surface area contributed by atoms with Gasteiger partial charge in [0.2, 0.25) is 0 Å². The van der Waals surface area contributed by atoms with Gasteiger partial charge in [-0.15, -0.1) is 0 Å². The Morgan fingerprint density at radius 2 is 0.809 bits per heavy atom. The molecule has 0 spiro atoms. The Morgan fingerprint density at radius 3 is 1.00 bits per heavy atom. The highest BCUT2D eigenvalue weighted by Gasteiger charge is 2.17. The van der Waals surface area contributed by atoms with Crippen LogP contribution in [0.1, 0.15) is 161 Å². The summed E-state index contributed by atoms with van der Waals surface area (Å²) in [4.78, 5) is 26.7. The van der Waals surface area contributed by atoms with Gasteiger partial charge in [-0.3, -0.25) is 19.4 Å². The Hall–Kier alpha value is -0.860. The fraction of sp³-hybridized carbons (Fsp3) is 0.950. The van der Waals surface area contributed by atoms with Crippen LogP contribution in [0.15, 0.2) is 0 Å². The van der Waals surface area contributed by atoms with Crippen molar-refractivity contribution >= 4 is 11.6 Å². The van der Waals surface area contributed by atoms with E-state index in [1.165, 1.54) is 25.7 Å². The number of hydrogen-bond acceptors (Lipinski definition) is 7. The number of carbonyl (C=O) groups is 2. The maximum Gasteiger partial charge on any atom is 0.146 e. The molecule has 3 N–H and O–H groups in total. The zero-order chi connectivity index (χ0) is 37.4. The SMILES string of the molecule is CC(=O)C(CCCCNC(C)(C)C)N(C)C.CC(=O)C(CCCCNC(C)(C)C)N(C)C.CCC(CCCCNC(C)(C)C)C(C)C. The number of carbonyl (C=O) groups excluding carboxylic acids is 2. The van der Waals surface area contributed by atoms with Crippen LogP contribution in [0.4, 0.5) is 0 Å². The molecule has 0 aromatic rings. The van der Waals surface area contributed by atoms with Crippen LogP contribution in [-0.2, 0) is 9.59 Å². The van der Waals surface area contributed by atoms with Crippen molar-refractivity contribution in [2.75, 3.05) is 47.8 Å². The molecule has 0 rings (SSSR count). The van der Waals surface area contributed by atoms with E-state index in [4.69, 9.17) is 0 Å². The number of hydrogen-bond donors (Lipinski definition) is 3. The van der Waals surface area contributed by atoms with Gasteiger partial charge in [-0.2, -0.15) is 0 Å². The highest BCUT2D eigenvalue weighted by atomic mass is 16.1. The van der Waals surface area contributed by atoms with Crippen molar-refractivity contribution in [2.45, 2.75) is 190 Å². The second-order valence-electron chi connectivity index (χ2n) is 17.6. The standard InChI is InChI=1S/C14H31N.2C13H28N2O/c1-7-13(12(2)3)10-8-9-11-15-14(4,5)6;2*1-11(16)12(15(5)6)9-7-8-10-14-13(2,3)4/h12-13,15H,7-11H2,1-6H3;2*12,14H,7-10H2,1-6H3. The molecule has 0 saturated heterocycles. The molecule has 47 heavy (non-hydrogen) atoms. The number of nitrogens with one attached hydrogen (secondary N) is 3. The molecule has 0 saturated carbocycles. The van der Waals surface area contributed by atoms with Crippen LogP contribution in [0.3, 0.4) is 0 Å². The van der Waals surface area contributed by atoms with Crippen molar-refractivity contribution in [1.82, 2.24) is 25.8 Å². The Morgan fingerprint density at radius 1 is 0.532 bits per heavy atom. The quantitative estimate of drug-likeness (QED) is 0.106. The topological polar surface area (TPSA) is 76.7 Å². The van der Waals surface area contributed by atoms with Crippen LogP contribution in [0.25, 0.3) is 0 Å². The van der Waals surface area contributed by atoms with E-state index in [-0.39, 0.29) is 40.3 Å². The van der Waals surface area contributed by atoms with Gasteiger partial charge in [-0.1, -0.05) is 52.9 Å². The number of ketones is 2. The van der Waals surface area contributed by atoms with Gasteiger partial charge >= 0.3 is 0 Å². The average Bonchev–Trinajstić information content (AvgIpc) is 2.88. The fourth-order valence-electron chi connectivity index (χ4n) is 5.51. The molecule has 0 fully saturated rings. The third-order valence-electron chi connectivity index (χ3n) is 8.43. The molecular formula is C40H87N5O2. The van der Waals surface area contributed by atoms with E-state index >= 15 is 0 Å². The number of nitrogens with zero attached hydrogens (tertiary/aromatic N) is 2. The highest BCUT2D eigenvalue weighted by Crippen LogP contribution is 2.21. The zero-order valence-electron chi connectivity index (χ0n) is 35.2. The molecule has 3 atom stereocenters. The molecule has 0 radical (unpaired) electrons. The highest BCUT2D eigenvalue weighted by molar-refractivity contribution is 5.81. The van der Waals surface area contributed by atoms with Crippen molar-refractivity contribution in [3.8, 4) is 0 Å². The van der Waals surface area contributed by atoms with Gasteiger partial charge in [0.05, 0.1) is 12.1 Å². The summed E-state index contributed by atoms with van der Waals surface area (Å²) in [7, 11) is 7.89. The van der Waals surface area contributed by atoms with E-state index < -0.39 is 0 Å². The third kappa shape index (κ3) is 36.3. The Bertz CT molecular complexity index is 714. The fourth-order valence-corrected chi connectivity index (χ4v) is 5.51. The first-order valence-corrected chi connectivity index (χ1v) is 18.9. The smallest absolute Gasteiger partial charge is 0.146 e. The predicted octanol–water partition coefficient (Wildman–Crippen LogP) is 8.36. The lowest BCUT2D eigenvalue weighted by Gasteiger charge is -2.23. The number of likely N-dealkylation sites (N-methyl/N-ethyl adjacent to an activating group) is 2. The summed E-state index contributed by atoms with van der Waals surface area (Å²) in [6.07, 6.45) is 11.8. The van der Waals surface area contributed by atoms with Crippen molar-refractivity contribution in [2.24, 2.45) is 11.8 Å². The predicted molar refractivity (Wildman–Crippen MR) is 210 cm³/mol. The summed E-state index contributed by atoms with van der Waals surface area (Å²) in [5.74, 6) is 2.33. The number of Topliss-reactive ketones (excluding diaryl/α,β-unsaturated/α-hetero) is 2. The summed E-state index contributed by atoms with van der Waals surface area (Å²) >= 11 is 0. The molecule has 7 heteroatoms. The largest absolute Gasteiger partial charge is 0.312 e. The molecular weight excluding hydrogens is 582 g/mol. The van der Waals surface area contributed by atoms with Gasteiger partial charge in [0, 0.05) is 16.6 Å². The van der Waals surface area contributed by atoms with E-state index in [9.17, 15) is 9.59 Å². The lowest BCUT2D eigenvalue weighted by atomic mass is 9.88. The van der Waals surface area contributed by atoms with Crippen molar-refractivity contribution in [3.63, 3.8) is 0 Å². The number of unbranched alkanes of at least 4 members (excludes halogenated alkanes) is 3. The van der Waals surface area contributed by atoms with Gasteiger partial charge < -0.3 is 16.0 Å². The minimum absolute atomic E-state index is 0.0923. The maximum absolute atomic E-state index is 11.4. The first-order valence-electron chi connectivity index (χ1n) is 18.9. The second-order valence-corrected chi connectivity index (χ2v) is 17.6. The van der Waals surface area contributed by atoms with Crippen molar-refractivity contribution in [1.29, 1.82) is 0 Å². The number of rotatable bonds is 21. The van der Waals surface area contributed by atoms with Crippen LogP contribution in [0, 0.1) is 11.8 Å². The minimum atomic E-state index is 0.0923. The van der Waals surface area contributed by atoms with Crippen LogP contribution in [0.5, 0.6) is 0 Å². The average molecular weight is 670 g/mol. The molecule has 284 valence electrons. The van der Waals surface area contributed by atoms with Gasteiger partial charge in [-0.25, -0.2) is 0 Å². The van der Waals surface area contributed by atoms with E-state index in [2.05, 4.69) is 99.0 Å². The molecule has 0 aromatic carbocycles. The molecule has 0 aliphatic rings. The molecule has 0 aromatic heterocycles. The molecule has 0 bridgehead atoms. The molecule has 0 amide bonds. The minimum Gasteiger partial charge on any atom is -0.312 e. The van der Waals surface area contributed by atoms with Crippen molar-refractivity contribution in [3.05, 3.63) is 0 Å². The van der Waals surface area contributed by atoms with Crippen LogP contribution in [-0.4, -0.2) is 97.9 Å².